The Labute approximate surface area is 938 Å². The Balaban J connectivity index is -0.00000154. The minimum absolute atomic E-state index is 0.00856. The number of ether oxygens (including phenoxy) is 1. The van der Waals surface area contributed by atoms with Gasteiger partial charge in [-0.15, -0.1) is 18.9 Å². The summed E-state index contributed by atoms with van der Waals surface area (Å²) in [5.74, 6) is 2.22. The van der Waals surface area contributed by atoms with Crippen molar-refractivity contribution in [1.29, 1.82) is 0 Å². The average Bonchev–Trinajstić information content (AvgIpc) is 0.761. The number of allylic oxidation sites excluding steroid dienone is 3. The maximum Gasteiger partial charge on any atom is 0.306 e. The van der Waals surface area contributed by atoms with Gasteiger partial charge in [-0.1, -0.05) is 316 Å². The molecular weight excluding hydrogens is 2540 g/mol. The molecular formula is C111H151Cl4FI6N4O14. The molecule has 0 aromatic heterocycles. The number of hydrogen-bond acceptors (Lipinski definition) is 15. The highest BCUT2D eigenvalue weighted by Gasteiger charge is 2.34. The monoisotopic (exact) mass is 2680 g/mol. The zero-order valence-electron chi connectivity index (χ0n) is 88.2. The van der Waals surface area contributed by atoms with Crippen molar-refractivity contribution in [2.75, 3.05) is 28.3 Å². The van der Waals surface area contributed by atoms with Crippen molar-refractivity contribution in [1.82, 2.24) is 0 Å². The number of carbonyl (C=O) groups excluding carboxylic acids is 11. The van der Waals surface area contributed by atoms with Gasteiger partial charge < -0.3 is 31.5 Å². The van der Waals surface area contributed by atoms with Gasteiger partial charge in [0, 0.05) is 135 Å². The molecule has 0 aliphatic rings. The summed E-state index contributed by atoms with van der Waals surface area (Å²) in [5, 5.41) is 19.2. The Bertz CT molecular complexity index is 5300. The maximum absolute atomic E-state index is 13.2. The molecule has 0 aliphatic carbocycles. The van der Waals surface area contributed by atoms with Crippen molar-refractivity contribution < 1.29 is 71.8 Å². The van der Waals surface area contributed by atoms with Gasteiger partial charge in [0.1, 0.15) is 52.1 Å². The van der Waals surface area contributed by atoms with Crippen LogP contribution in [0.25, 0.3) is 6.08 Å². The summed E-state index contributed by atoms with van der Waals surface area (Å²) in [7, 11) is 0. The first kappa shape index (κ1) is 139. The molecule has 6 aromatic rings. The number of anilines is 5. The van der Waals surface area contributed by atoms with Gasteiger partial charge in [-0.05, 0) is 244 Å². The highest BCUT2D eigenvalue weighted by atomic mass is 127. The Morgan fingerprint density at radius 1 is 0.550 bits per heavy atom. The highest BCUT2D eigenvalue weighted by molar-refractivity contribution is 14.1. The highest BCUT2D eigenvalue weighted by Crippen LogP contribution is 2.43. The van der Waals surface area contributed by atoms with Crippen LogP contribution in [0.15, 0.2) is 116 Å². The molecule has 0 saturated heterocycles. The molecule has 0 aliphatic heterocycles. The number of rotatable bonds is 27. The number of ketones is 9. The first-order valence-corrected chi connectivity index (χ1v) is 53.8. The second-order valence-electron chi connectivity index (χ2n) is 42.6. The number of amides is 2. The van der Waals surface area contributed by atoms with E-state index in [-0.39, 0.29) is 125 Å². The van der Waals surface area contributed by atoms with E-state index in [1.807, 2.05) is 224 Å². The molecule has 0 heterocycles. The Hall–Kier alpha value is -5.59. The van der Waals surface area contributed by atoms with Crippen LogP contribution in [0.3, 0.4) is 0 Å². The van der Waals surface area contributed by atoms with Crippen molar-refractivity contribution in [2.24, 2.45) is 60.6 Å². The van der Waals surface area contributed by atoms with Crippen LogP contribution in [-0.4, -0.2) is 81.5 Å². The normalized spacial score (nSPS) is 11.8. The molecule has 0 radical (unpaired) electrons. The smallest absolute Gasteiger partial charge is 0.306 e. The van der Waals surface area contributed by atoms with E-state index < -0.39 is 22.2 Å². The Morgan fingerprint density at radius 3 is 1.40 bits per heavy atom. The number of carboxylic acid groups (broad SMARTS) is 1. The SMILES string of the molecule is C#CCCC(=O)C(C)(C)C.C=C(CC)C(=O)c1ccc(OCC(=O)C(C)(C)C)c(Cl)c1Cl.C=CCCC(=O)C(C)(C)C.CC(=O)Nc1c(I)c(NC(C)=O)c(I)c(C(=O)C(C)(C)C)c1I.CC(C)(C)C(=O)/C=C/c1ccccc1F.CC(C)(C)C(=O)Cc1ccccc1Nc1c(Cl)cccc1Cl.CC(C)(C)CC(=O)C(C)(C)C.CCC(C)C(=O)C(C)(C)C.CCC(Cc1c(I)cc(I)c(N)c1I)C(=O)O. The maximum atomic E-state index is 13.2. The molecule has 0 fully saturated rings. The minimum Gasteiger partial charge on any atom is -0.484 e. The van der Waals surface area contributed by atoms with Gasteiger partial charge in [-0.3, -0.25) is 57.5 Å². The lowest BCUT2D eigenvalue weighted by atomic mass is 9.80. The van der Waals surface area contributed by atoms with Crippen LogP contribution in [-0.2, 0) is 60.8 Å². The predicted molar refractivity (Wildman–Crippen MR) is 634 cm³/mol. The number of nitrogen functional groups attached to an aromatic ring is 1. The lowest BCUT2D eigenvalue weighted by molar-refractivity contribution is -0.142. The number of halogens is 11. The molecule has 29 heteroatoms. The lowest BCUT2D eigenvalue weighted by Crippen LogP contribution is -2.26. The largest absolute Gasteiger partial charge is 0.484 e. The second-order valence-corrected chi connectivity index (χ2v) is 50.8. The summed E-state index contributed by atoms with van der Waals surface area (Å²) in [5.41, 5.74) is 10.6. The zero-order chi connectivity index (χ0) is 110. The van der Waals surface area contributed by atoms with Crippen LogP contribution in [0.5, 0.6) is 5.75 Å². The number of terminal acetylenes is 1. The first-order chi connectivity index (χ1) is 63.5. The summed E-state index contributed by atoms with van der Waals surface area (Å²) < 4.78 is 23.8. The van der Waals surface area contributed by atoms with Crippen molar-refractivity contribution in [3.63, 3.8) is 0 Å². The number of para-hydroxylation sites is 2. The van der Waals surface area contributed by atoms with E-state index >= 15 is 0 Å². The van der Waals surface area contributed by atoms with E-state index in [1.54, 1.807) is 48.5 Å². The molecule has 18 nitrogen and oxygen atoms in total. The second kappa shape index (κ2) is 63.2. The number of Topliss-reactive ketones (excluding diaryl/α,β-unsaturated/α-hetero) is 8. The summed E-state index contributed by atoms with van der Waals surface area (Å²) in [6.45, 7) is 69.7. The van der Waals surface area contributed by atoms with Gasteiger partial charge in [0.15, 0.2) is 23.1 Å². The van der Waals surface area contributed by atoms with E-state index in [9.17, 15) is 61.9 Å². The standard InChI is InChI=1S/C18H19Cl2NO.C17H20Cl2O3.C15H17I3N2O3.C13H15FO.C11H12I3NO2.C10H20O.C9H18O.C9H16O.C9H14O/c1-18(2,3)16(22)11-12-7-4-5-10-15(12)21-17-13(19)8-6-9-14(17)20;1-6-10(2)16(21)11-7-8-12(15(19)14(11)18)22-9-13(20)17(3,4)5;1-6(21)19-12-9(16)8(14(23)15(3,4)5)10(17)13(11(12)18)20-7(2)22;1-13(2,3)12(15)9-8-10-6-4-5-7-11(10)14;1-2-5(11(16)17)3-6-7(12)4-8(13)10(15)9(6)14;1-9(2,3)7-8(11)10(4,5)6;1-6-7(2)8(10)9(3,4)5;2*1-5-6-7-8(10)9(2,3)4/h4-10,21H,11H2,1-3H3;7-8H,2,6,9H2,1,3-5H3;1-5H3,(H,19,21)(H,20,22);4-9H,1-3H3;4-5H,2-3,15H2,1H3,(H,16,17);7H2,1-6H3;7H,6H2,1-5H3;5H,1,6-7H2,2-4H3;1H,6-7H2,2-4H3/b;;;9-8+;;;;;. The van der Waals surface area contributed by atoms with Crippen LogP contribution in [0.4, 0.5) is 32.8 Å². The Kier molecular flexibility index (Phi) is 62.5. The third-order valence-electron chi connectivity index (χ3n) is 20.2. The molecule has 0 bridgehead atoms. The summed E-state index contributed by atoms with van der Waals surface area (Å²) >= 11 is 37.5. The van der Waals surface area contributed by atoms with Gasteiger partial charge in [0.2, 0.25) is 11.8 Å². The van der Waals surface area contributed by atoms with Crippen LogP contribution in [0.1, 0.15) is 317 Å². The molecule has 0 spiro atoms. The van der Waals surface area contributed by atoms with Crippen LogP contribution >= 0.6 is 182 Å². The molecule has 6 N–H and O–H groups in total. The molecule has 140 heavy (non-hydrogen) atoms. The first-order valence-electron chi connectivity index (χ1n) is 45.8. The topological polar surface area (TPSA) is 296 Å². The van der Waals surface area contributed by atoms with Gasteiger partial charge >= 0.3 is 5.97 Å². The number of aliphatic carboxylic acids is 1. The Morgan fingerprint density at radius 2 is 1.01 bits per heavy atom. The van der Waals surface area contributed by atoms with Crippen LogP contribution in [0.2, 0.25) is 20.1 Å². The van der Waals surface area contributed by atoms with Gasteiger partial charge in [-0.2, -0.15) is 0 Å². The van der Waals surface area contributed by atoms with Crippen LogP contribution < -0.4 is 26.4 Å². The fourth-order valence-corrected chi connectivity index (χ4v) is 19.6. The van der Waals surface area contributed by atoms with E-state index in [1.165, 1.54) is 38.1 Å². The number of nitrogens with one attached hydrogen (secondary N) is 3. The fraction of sp³-hybridized carbons (Fsp3) is 0.495. The third kappa shape index (κ3) is 52.6. The number of benzene rings is 6. The molecule has 6 rings (SSSR count). The summed E-state index contributed by atoms with van der Waals surface area (Å²) in [6.07, 6.45) is 16.0. The van der Waals surface area contributed by atoms with E-state index in [4.69, 9.17) is 68.4 Å². The quantitative estimate of drug-likeness (QED) is 0.00799. The van der Waals surface area contributed by atoms with Gasteiger partial charge in [0.05, 0.1) is 47.3 Å². The van der Waals surface area contributed by atoms with Gasteiger partial charge in [0.25, 0.3) is 0 Å². The third-order valence-corrected chi connectivity index (χ3v) is 28.0. The minimum atomic E-state index is -0.740. The zero-order valence-corrected chi connectivity index (χ0v) is 104. The average molecular weight is 2690 g/mol. The molecule has 6 aromatic carbocycles. The lowest BCUT2D eigenvalue weighted by Gasteiger charge is -2.23. The number of hydrogen-bond donors (Lipinski definition) is 5. The number of nitrogens with two attached hydrogens (primary N) is 1. The summed E-state index contributed by atoms with van der Waals surface area (Å²) in [6, 6.07) is 24.5. The van der Waals surface area contributed by atoms with Crippen LogP contribution in [0, 0.1) is 100 Å². The molecule has 0 saturated carbocycles. The van der Waals surface area contributed by atoms with E-state index in [0.29, 0.717) is 123 Å². The summed E-state index contributed by atoms with van der Waals surface area (Å²) in [4.78, 5) is 140. The van der Waals surface area contributed by atoms with E-state index in [0.717, 1.165) is 46.1 Å². The fourth-order valence-electron chi connectivity index (χ4n) is 10.7. The molecule has 2 atom stereocenters. The van der Waals surface area contributed by atoms with Crippen molar-refractivity contribution in [2.45, 2.75) is 293 Å². The van der Waals surface area contributed by atoms with E-state index in [2.05, 4.69) is 191 Å². The van der Waals surface area contributed by atoms with Crippen molar-refractivity contribution in [3.8, 4) is 18.1 Å². The number of carbonyl (C=O) groups is 12. The number of carboxylic acids is 1. The van der Waals surface area contributed by atoms with Crippen molar-refractivity contribution >= 4 is 286 Å². The molecule has 776 valence electrons. The van der Waals surface area contributed by atoms with Crippen molar-refractivity contribution in [3.05, 3.63) is 191 Å². The van der Waals surface area contributed by atoms with Gasteiger partial charge in [-0.25, -0.2) is 4.39 Å². The molecule has 2 amide bonds. The molecule has 2 unspecified atom stereocenters. The predicted octanol–water partition coefficient (Wildman–Crippen LogP) is 33.1.